The molecule has 2 N–H and O–H groups in total. The van der Waals surface area contributed by atoms with E-state index in [1.165, 1.54) is 5.56 Å². The minimum Gasteiger partial charge on any atom is -0.390 e. The third-order valence-corrected chi connectivity index (χ3v) is 5.70. The van der Waals surface area contributed by atoms with Crippen LogP contribution >= 0.6 is 0 Å². The molecule has 2 aromatic rings. The molecular formula is C20H27N3O3. The molecule has 2 saturated heterocycles. The Labute approximate surface area is 154 Å². The Morgan fingerprint density at radius 1 is 1.15 bits per heavy atom. The van der Waals surface area contributed by atoms with E-state index in [-0.39, 0.29) is 12.2 Å². The highest BCUT2D eigenvalue weighted by molar-refractivity contribution is 5.62. The van der Waals surface area contributed by atoms with Gasteiger partial charge in [0.1, 0.15) is 6.10 Å². The predicted octanol–water partition coefficient (Wildman–Crippen LogP) is 1.56. The first kappa shape index (κ1) is 17.7. The molecule has 0 unspecified atom stereocenters. The van der Waals surface area contributed by atoms with Crippen LogP contribution in [0.25, 0.3) is 11.3 Å². The first-order chi connectivity index (χ1) is 12.5. The summed E-state index contributed by atoms with van der Waals surface area (Å²) in [7, 11) is 1.96. The van der Waals surface area contributed by atoms with Crippen LogP contribution < -0.4 is 0 Å². The molecule has 2 atom stereocenters. The molecule has 0 radical (unpaired) electrons. The van der Waals surface area contributed by atoms with Crippen LogP contribution in [-0.4, -0.2) is 62.4 Å². The van der Waals surface area contributed by atoms with Gasteiger partial charge in [0.25, 0.3) is 0 Å². The van der Waals surface area contributed by atoms with Gasteiger partial charge in [-0.15, -0.1) is 0 Å². The van der Waals surface area contributed by atoms with Crippen molar-refractivity contribution >= 4 is 0 Å². The van der Waals surface area contributed by atoms with Crippen molar-refractivity contribution in [1.29, 1.82) is 0 Å². The molecule has 140 valence electrons. The van der Waals surface area contributed by atoms with Crippen LogP contribution in [0.2, 0.25) is 0 Å². The van der Waals surface area contributed by atoms with E-state index in [0.29, 0.717) is 6.42 Å². The second-order valence-electron chi connectivity index (χ2n) is 7.65. The van der Waals surface area contributed by atoms with Gasteiger partial charge in [-0.1, -0.05) is 30.3 Å². The molecule has 1 aromatic carbocycles. The number of aliphatic hydroxyl groups excluding tert-OH is 2. The Morgan fingerprint density at radius 3 is 2.58 bits per heavy atom. The molecule has 3 heterocycles. The van der Waals surface area contributed by atoms with Crippen molar-refractivity contribution in [2.45, 2.75) is 43.6 Å². The maximum atomic E-state index is 10.0. The molecule has 2 aliphatic rings. The zero-order valence-corrected chi connectivity index (χ0v) is 15.2. The number of benzene rings is 1. The lowest BCUT2D eigenvalue weighted by Crippen LogP contribution is -2.54. The monoisotopic (exact) mass is 357 g/mol. The molecule has 6 nitrogen and oxygen atoms in total. The van der Waals surface area contributed by atoms with Crippen LogP contribution in [0.1, 0.15) is 24.8 Å². The number of piperidine rings is 1. The molecule has 26 heavy (non-hydrogen) atoms. The molecule has 2 aliphatic heterocycles. The first-order valence-electron chi connectivity index (χ1n) is 9.35. The van der Waals surface area contributed by atoms with Gasteiger partial charge in [0.2, 0.25) is 0 Å². The lowest BCUT2D eigenvalue weighted by atomic mass is 9.82. The van der Waals surface area contributed by atoms with Gasteiger partial charge in [0.05, 0.1) is 24.0 Å². The number of aryl methyl sites for hydroxylation is 1. The fourth-order valence-corrected chi connectivity index (χ4v) is 4.15. The zero-order valence-electron chi connectivity index (χ0n) is 15.2. The molecule has 0 amide bonds. The van der Waals surface area contributed by atoms with Crippen LogP contribution in [-0.2, 0) is 18.3 Å². The van der Waals surface area contributed by atoms with Gasteiger partial charge in [-0.25, -0.2) is 0 Å². The number of ether oxygens (including phenoxy) is 1. The van der Waals surface area contributed by atoms with Gasteiger partial charge in [0.15, 0.2) is 0 Å². The fourth-order valence-electron chi connectivity index (χ4n) is 4.15. The van der Waals surface area contributed by atoms with E-state index in [4.69, 9.17) is 4.74 Å². The van der Waals surface area contributed by atoms with Crippen molar-refractivity contribution < 1.29 is 14.9 Å². The quantitative estimate of drug-likeness (QED) is 0.872. The van der Waals surface area contributed by atoms with E-state index in [1.54, 1.807) is 0 Å². The van der Waals surface area contributed by atoms with E-state index in [0.717, 1.165) is 43.7 Å². The summed E-state index contributed by atoms with van der Waals surface area (Å²) in [6.45, 7) is 2.94. The Kier molecular flexibility index (Phi) is 4.84. The van der Waals surface area contributed by atoms with Crippen LogP contribution in [0.3, 0.4) is 0 Å². The topological polar surface area (TPSA) is 70.8 Å². The summed E-state index contributed by atoms with van der Waals surface area (Å²) in [6, 6.07) is 10.3. The number of aliphatic hydroxyl groups is 2. The van der Waals surface area contributed by atoms with Crippen LogP contribution in [0.15, 0.2) is 36.5 Å². The molecule has 1 aromatic heterocycles. The minimum atomic E-state index is -0.748. The molecule has 0 saturated carbocycles. The van der Waals surface area contributed by atoms with Gasteiger partial charge in [0, 0.05) is 50.4 Å². The summed E-state index contributed by atoms with van der Waals surface area (Å²) >= 11 is 0. The largest absolute Gasteiger partial charge is 0.390 e. The lowest BCUT2D eigenvalue weighted by molar-refractivity contribution is -0.188. The summed E-state index contributed by atoms with van der Waals surface area (Å²) in [5.74, 6) is 0. The Balaban J connectivity index is 1.43. The SMILES string of the molecule is Cn1cc(CN2CCC3(CC2)C[C@@H](O)[C@@H](O)CO3)c(-c2ccccc2)n1. The number of nitrogens with zero attached hydrogens (tertiary/aromatic N) is 3. The number of rotatable bonds is 3. The molecule has 1 spiro atoms. The van der Waals surface area contributed by atoms with E-state index in [1.807, 2.05) is 29.9 Å². The second-order valence-corrected chi connectivity index (χ2v) is 7.65. The van der Waals surface area contributed by atoms with Crippen molar-refractivity contribution in [3.05, 3.63) is 42.1 Å². The average Bonchev–Trinajstić information content (AvgIpc) is 3.02. The predicted molar refractivity (Wildman–Crippen MR) is 98.5 cm³/mol. The van der Waals surface area contributed by atoms with Crippen molar-refractivity contribution in [2.24, 2.45) is 7.05 Å². The standard InChI is InChI=1S/C20H27N3O3/c1-22-12-16(19(21-22)15-5-3-2-4-6-15)13-23-9-7-20(8-10-23)11-17(24)18(25)14-26-20/h2-6,12,17-18,24-25H,7-11,13-14H2,1H3/t17-,18+/m1/s1. The Hall–Kier alpha value is -1.73. The highest BCUT2D eigenvalue weighted by atomic mass is 16.5. The van der Waals surface area contributed by atoms with Crippen molar-refractivity contribution in [3.8, 4) is 11.3 Å². The maximum Gasteiger partial charge on any atom is 0.103 e. The van der Waals surface area contributed by atoms with Gasteiger partial charge < -0.3 is 14.9 Å². The summed E-state index contributed by atoms with van der Waals surface area (Å²) in [6.07, 6.45) is 2.99. The zero-order chi connectivity index (χ0) is 18.1. The lowest BCUT2D eigenvalue weighted by Gasteiger charge is -2.46. The summed E-state index contributed by atoms with van der Waals surface area (Å²) in [5, 5.41) is 24.3. The second kappa shape index (κ2) is 7.12. The smallest absolute Gasteiger partial charge is 0.103 e. The normalized spacial score (nSPS) is 26.3. The first-order valence-corrected chi connectivity index (χ1v) is 9.35. The van der Waals surface area contributed by atoms with E-state index < -0.39 is 12.2 Å². The van der Waals surface area contributed by atoms with Gasteiger partial charge in [-0.2, -0.15) is 5.10 Å². The Bertz CT molecular complexity index is 738. The van der Waals surface area contributed by atoms with Crippen molar-refractivity contribution in [2.75, 3.05) is 19.7 Å². The molecule has 0 bridgehead atoms. The van der Waals surface area contributed by atoms with Crippen molar-refractivity contribution in [3.63, 3.8) is 0 Å². The van der Waals surface area contributed by atoms with E-state index >= 15 is 0 Å². The minimum absolute atomic E-state index is 0.238. The van der Waals surface area contributed by atoms with Crippen molar-refractivity contribution in [1.82, 2.24) is 14.7 Å². The molecule has 4 rings (SSSR count). The number of likely N-dealkylation sites (tertiary alicyclic amines) is 1. The number of aromatic nitrogens is 2. The fraction of sp³-hybridized carbons (Fsp3) is 0.550. The van der Waals surface area contributed by atoms with Gasteiger partial charge in [-0.05, 0) is 12.8 Å². The third kappa shape index (κ3) is 3.55. The third-order valence-electron chi connectivity index (χ3n) is 5.70. The van der Waals surface area contributed by atoms with Crippen LogP contribution in [0, 0.1) is 0 Å². The van der Waals surface area contributed by atoms with Gasteiger partial charge >= 0.3 is 0 Å². The summed E-state index contributed by atoms with van der Waals surface area (Å²) in [5.41, 5.74) is 3.15. The van der Waals surface area contributed by atoms with Crippen LogP contribution in [0.4, 0.5) is 0 Å². The summed E-state index contributed by atoms with van der Waals surface area (Å²) < 4.78 is 7.81. The van der Waals surface area contributed by atoms with E-state index in [9.17, 15) is 10.2 Å². The number of hydrogen-bond acceptors (Lipinski definition) is 5. The summed E-state index contributed by atoms with van der Waals surface area (Å²) in [4.78, 5) is 2.43. The maximum absolute atomic E-state index is 10.0. The Morgan fingerprint density at radius 2 is 1.88 bits per heavy atom. The van der Waals surface area contributed by atoms with Gasteiger partial charge in [-0.3, -0.25) is 9.58 Å². The average molecular weight is 357 g/mol. The highest BCUT2D eigenvalue weighted by Crippen LogP contribution is 2.36. The van der Waals surface area contributed by atoms with Crippen LogP contribution in [0.5, 0.6) is 0 Å². The molecule has 6 heteroatoms. The molecular weight excluding hydrogens is 330 g/mol. The highest BCUT2D eigenvalue weighted by Gasteiger charge is 2.42. The number of hydrogen-bond donors (Lipinski definition) is 2. The molecule has 0 aliphatic carbocycles. The van der Waals surface area contributed by atoms with E-state index in [2.05, 4.69) is 28.3 Å². The molecule has 2 fully saturated rings.